The summed E-state index contributed by atoms with van der Waals surface area (Å²) in [5.41, 5.74) is 0.385. The van der Waals surface area contributed by atoms with Crippen LogP contribution in [0.4, 0.5) is 8.78 Å². The minimum absolute atomic E-state index is 0. The van der Waals surface area contributed by atoms with E-state index in [2.05, 4.69) is 27.4 Å². The van der Waals surface area contributed by atoms with Crippen molar-refractivity contribution >= 4 is 29.9 Å². The van der Waals surface area contributed by atoms with Crippen LogP contribution in [0.1, 0.15) is 38.7 Å². The number of hydrogen-bond donors (Lipinski definition) is 2. The Balaban J connectivity index is 0.00000364. The first kappa shape index (κ1) is 24.1. The number of nitrogens with zero attached hydrogens (tertiary/aromatic N) is 2. The quantitative estimate of drug-likeness (QED) is 0.328. The van der Waals surface area contributed by atoms with Crippen LogP contribution < -0.4 is 10.6 Å². The van der Waals surface area contributed by atoms with Gasteiger partial charge in [0.2, 0.25) is 0 Å². The highest BCUT2D eigenvalue weighted by molar-refractivity contribution is 14.0. The Morgan fingerprint density at radius 2 is 1.93 bits per heavy atom. The Morgan fingerprint density at radius 3 is 2.59 bits per heavy atom. The normalized spacial score (nSPS) is 16.1. The number of likely N-dealkylation sites (tertiary alicyclic amines) is 1. The van der Waals surface area contributed by atoms with Crippen LogP contribution in [0.15, 0.2) is 23.2 Å². The fraction of sp³-hybridized carbons (Fsp3) is 0.650. The first-order valence-electron chi connectivity index (χ1n) is 9.80. The van der Waals surface area contributed by atoms with Crippen LogP contribution in [0, 0.1) is 17.6 Å². The molecule has 0 atom stereocenters. The Labute approximate surface area is 179 Å². The lowest BCUT2D eigenvalue weighted by molar-refractivity contribution is 0.188. The predicted octanol–water partition coefficient (Wildman–Crippen LogP) is 3.80. The highest BCUT2D eigenvalue weighted by Gasteiger charge is 2.17. The molecule has 1 fully saturated rings. The molecule has 4 nitrogen and oxygen atoms in total. The second-order valence-corrected chi connectivity index (χ2v) is 6.84. The van der Waals surface area contributed by atoms with Crippen molar-refractivity contribution in [1.29, 1.82) is 0 Å². The maximum Gasteiger partial charge on any atom is 0.191 e. The van der Waals surface area contributed by atoms with Gasteiger partial charge in [-0.25, -0.2) is 8.78 Å². The molecular formula is C20H33F2IN4. The zero-order chi connectivity index (χ0) is 18.8. The van der Waals surface area contributed by atoms with Crippen LogP contribution in [0.25, 0.3) is 0 Å². The average Bonchev–Trinajstić information content (AvgIpc) is 2.65. The molecule has 0 aliphatic carbocycles. The van der Waals surface area contributed by atoms with Crippen LogP contribution in [-0.2, 0) is 6.42 Å². The van der Waals surface area contributed by atoms with Gasteiger partial charge in [0.25, 0.3) is 0 Å². The third kappa shape index (κ3) is 8.72. The second kappa shape index (κ2) is 13.3. The smallest absolute Gasteiger partial charge is 0.191 e. The number of hydrogen-bond acceptors (Lipinski definition) is 2. The molecule has 1 heterocycles. The molecule has 1 aliphatic heterocycles. The lowest BCUT2D eigenvalue weighted by Gasteiger charge is -2.30. The summed E-state index contributed by atoms with van der Waals surface area (Å²) in [4.78, 5) is 7.13. The Kier molecular flexibility index (Phi) is 11.8. The standard InChI is InChI=1S/C20H32F2N4.HI/c1-3-23-20(24-11-7-16-9-13-26(4-2)14-10-16)25-12-8-17-15-18(21)5-6-19(17)22;/h5-6,15-16H,3-4,7-14H2,1-2H3,(H2,23,24,25);1H. The van der Waals surface area contributed by atoms with Gasteiger partial charge >= 0.3 is 0 Å². The molecule has 0 bridgehead atoms. The maximum atomic E-state index is 13.7. The third-order valence-electron chi connectivity index (χ3n) is 5.00. The van der Waals surface area contributed by atoms with Crippen molar-refractivity contribution in [3.8, 4) is 0 Å². The minimum Gasteiger partial charge on any atom is -0.357 e. The van der Waals surface area contributed by atoms with E-state index in [0.29, 0.717) is 18.5 Å². The molecule has 0 spiro atoms. The number of guanidine groups is 1. The van der Waals surface area contributed by atoms with Gasteiger partial charge in [0.05, 0.1) is 0 Å². The topological polar surface area (TPSA) is 39.7 Å². The summed E-state index contributed by atoms with van der Waals surface area (Å²) in [6.07, 6.45) is 4.04. The first-order chi connectivity index (χ1) is 12.6. The summed E-state index contributed by atoms with van der Waals surface area (Å²) < 4.78 is 26.9. The second-order valence-electron chi connectivity index (χ2n) is 6.84. The van der Waals surface area contributed by atoms with Crippen molar-refractivity contribution in [2.45, 2.75) is 39.5 Å². The zero-order valence-electron chi connectivity index (χ0n) is 16.4. The number of aliphatic imine (C=N–C) groups is 1. The Hall–Kier alpha value is -0.960. The summed E-state index contributed by atoms with van der Waals surface area (Å²) in [7, 11) is 0. The van der Waals surface area contributed by atoms with Crippen molar-refractivity contribution in [3.63, 3.8) is 0 Å². The number of nitrogens with one attached hydrogen (secondary N) is 2. The molecule has 154 valence electrons. The van der Waals surface area contributed by atoms with Gasteiger partial charge in [-0.3, -0.25) is 4.99 Å². The van der Waals surface area contributed by atoms with Gasteiger partial charge in [0.15, 0.2) is 5.96 Å². The molecule has 1 aliphatic rings. The highest BCUT2D eigenvalue weighted by Crippen LogP contribution is 2.20. The van der Waals surface area contributed by atoms with E-state index in [-0.39, 0.29) is 29.8 Å². The monoisotopic (exact) mass is 494 g/mol. The van der Waals surface area contributed by atoms with Gasteiger partial charge < -0.3 is 15.5 Å². The fourth-order valence-corrected chi connectivity index (χ4v) is 3.34. The SMILES string of the molecule is CCNC(=NCCC1CCN(CC)CC1)NCCc1cc(F)ccc1F.I. The summed E-state index contributed by atoms with van der Waals surface area (Å²) in [6, 6.07) is 3.57. The molecule has 0 saturated carbocycles. The molecule has 0 aromatic heterocycles. The van der Waals surface area contributed by atoms with E-state index in [0.717, 1.165) is 44.0 Å². The fourth-order valence-electron chi connectivity index (χ4n) is 3.34. The van der Waals surface area contributed by atoms with Crippen molar-refractivity contribution in [2.24, 2.45) is 10.9 Å². The third-order valence-corrected chi connectivity index (χ3v) is 5.00. The van der Waals surface area contributed by atoms with E-state index in [1.54, 1.807) is 0 Å². The van der Waals surface area contributed by atoms with E-state index >= 15 is 0 Å². The Morgan fingerprint density at radius 1 is 1.19 bits per heavy atom. The predicted molar refractivity (Wildman–Crippen MR) is 119 cm³/mol. The van der Waals surface area contributed by atoms with Gasteiger partial charge in [-0.1, -0.05) is 6.92 Å². The number of halogens is 3. The molecule has 0 radical (unpaired) electrons. The molecule has 27 heavy (non-hydrogen) atoms. The molecule has 0 amide bonds. The summed E-state index contributed by atoms with van der Waals surface area (Å²) in [5.74, 6) is 0.728. The van der Waals surface area contributed by atoms with Gasteiger partial charge in [-0.2, -0.15) is 0 Å². The van der Waals surface area contributed by atoms with E-state index in [9.17, 15) is 8.78 Å². The van der Waals surface area contributed by atoms with Crippen molar-refractivity contribution in [1.82, 2.24) is 15.5 Å². The van der Waals surface area contributed by atoms with Gasteiger partial charge in [0, 0.05) is 19.6 Å². The van der Waals surface area contributed by atoms with Crippen LogP contribution >= 0.6 is 24.0 Å². The van der Waals surface area contributed by atoms with E-state index < -0.39 is 5.82 Å². The van der Waals surface area contributed by atoms with E-state index in [1.807, 2.05) is 6.92 Å². The molecule has 1 aromatic carbocycles. The summed E-state index contributed by atoms with van der Waals surface area (Å²) in [6.45, 7) is 9.85. The van der Waals surface area contributed by atoms with Crippen LogP contribution in [0.2, 0.25) is 0 Å². The first-order valence-corrected chi connectivity index (χ1v) is 9.80. The highest BCUT2D eigenvalue weighted by atomic mass is 127. The minimum atomic E-state index is -0.406. The number of rotatable bonds is 8. The largest absolute Gasteiger partial charge is 0.357 e. The van der Waals surface area contributed by atoms with Crippen molar-refractivity contribution < 1.29 is 8.78 Å². The lowest BCUT2D eigenvalue weighted by atomic mass is 9.94. The Bertz CT molecular complexity index is 575. The molecule has 7 heteroatoms. The molecule has 2 N–H and O–H groups in total. The molecule has 1 aromatic rings. The summed E-state index contributed by atoms with van der Waals surface area (Å²) >= 11 is 0. The average molecular weight is 494 g/mol. The summed E-state index contributed by atoms with van der Waals surface area (Å²) in [5, 5.41) is 6.42. The number of piperidine rings is 1. The van der Waals surface area contributed by atoms with Crippen LogP contribution in [0.5, 0.6) is 0 Å². The number of benzene rings is 1. The molecule has 1 saturated heterocycles. The van der Waals surface area contributed by atoms with Gasteiger partial charge in [-0.05, 0) is 81.9 Å². The molecule has 0 unspecified atom stereocenters. The van der Waals surface area contributed by atoms with Gasteiger partial charge in [-0.15, -0.1) is 24.0 Å². The van der Waals surface area contributed by atoms with Crippen LogP contribution in [-0.4, -0.2) is 50.1 Å². The van der Waals surface area contributed by atoms with Crippen molar-refractivity contribution in [2.75, 3.05) is 39.3 Å². The molecular weight excluding hydrogens is 461 g/mol. The van der Waals surface area contributed by atoms with Crippen molar-refractivity contribution in [3.05, 3.63) is 35.4 Å². The lowest BCUT2D eigenvalue weighted by Crippen LogP contribution is -2.38. The zero-order valence-corrected chi connectivity index (χ0v) is 18.8. The van der Waals surface area contributed by atoms with Gasteiger partial charge in [0.1, 0.15) is 11.6 Å². The maximum absolute atomic E-state index is 13.7. The van der Waals surface area contributed by atoms with Crippen LogP contribution in [0.3, 0.4) is 0 Å². The molecule has 2 rings (SSSR count). The van der Waals surface area contributed by atoms with E-state index in [4.69, 9.17) is 0 Å². The van der Waals surface area contributed by atoms with E-state index in [1.165, 1.54) is 38.1 Å².